The van der Waals surface area contributed by atoms with Gasteiger partial charge >= 0.3 is 0 Å². The highest BCUT2D eigenvalue weighted by atomic mass is 32.1. The van der Waals surface area contributed by atoms with Gasteiger partial charge in [-0.3, -0.25) is 4.79 Å². The summed E-state index contributed by atoms with van der Waals surface area (Å²) in [6.07, 6.45) is 0. The molecule has 0 spiro atoms. The highest BCUT2D eigenvalue weighted by Gasteiger charge is 2.10. The minimum absolute atomic E-state index is 0.115. The van der Waals surface area contributed by atoms with Gasteiger partial charge < -0.3 is 10.1 Å². The molecule has 4 heteroatoms. The van der Waals surface area contributed by atoms with Crippen molar-refractivity contribution in [2.75, 3.05) is 0 Å². The predicted octanol–water partition coefficient (Wildman–Crippen LogP) is 5.92. The number of carbonyl (C=O) groups excluding carboxylic acids is 1. The normalized spacial score (nSPS) is 10.5. The van der Waals surface area contributed by atoms with Crippen LogP contribution in [-0.2, 0) is 13.2 Å². The summed E-state index contributed by atoms with van der Waals surface area (Å²) in [4.78, 5) is 12.7. The predicted molar refractivity (Wildman–Crippen MR) is 118 cm³/mol. The first kappa shape index (κ1) is 19.0. The van der Waals surface area contributed by atoms with Crippen molar-refractivity contribution in [2.24, 2.45) is 0 Å². The molecule has 0 aliphatic rings. The van der Waals surface area contributed by atoms with Gasteiger partial charge in [0.25, 0.3) is 5.91 Å². The quantitative estimate of drug-likeness (QED) is 0.419. The summed E-state index contributed by atoms with van der Waals surface area (Å²) >= 11 is 1.67. The first-order valence-corrected chi connectivity index (χ1v) is 10.4. The van der Waals surface area contributed by atoms with Crippen LogP contribution in [0.25, 0.3) is 11.1 Å². The molecule has 0 atom stereocenters. The molecule has 0 saturated carbocycles. The fraction of sp³-hybridized carbons (Fsp3) is 0.0800. The maximum absolute atomic E-state index is 12.7. The van der Waals surface area contributed by atoms with E-state index >= 15 is 0 Å². The van der Waals surface area contributed by atoms with Crippen molar-refractivity contribution in [3.63, 3.8) is 0 Å². The molecule has 0 aliphatic heterocycles. The van der Waals surface area contributed by atoms with Crippen molar-refractivity contribution in [1.29, 1.82) is 0 Å². The van der Waals surface area contributed by atoms with Crippen LogP contribution < -0.4 is 10.1 Å². The fourth-order valence-corrected chi connectivity index (χ4v) is 3.78. The molecule has 0 aliphatic carbocycles. The molecular weight excluding hydrogens is 378 g/mol. The van der Waals surface area contributed by atoms with E-state index in [1.165, 1.54) is 5.56 Å². The fourth-order valence-electron chi connectivity index (χ4n) is 3.12. The van der Waals surface area contributed by atoms with Gasteiger partial charge in [0.05, 0.1) is 0 Å². The molecule has 4 aromatic rings. The zero-order valence-electron chi connectivity index (χ0n) is 15.9. The second-order valence-electron chi connectivity index (χ2n) is 6.65. The molecule has 1 amide bonds. The highest BCUT2D eigenvalue weighted by Crippen LogP contribution is 2.25. The lowest BCUT2D eigenvalue weighted by atomic mass is 10.0. The minimum atomic E-state index is -0.115. The van der Waals surface area contributed by atoms with Crippen LogP contribution in [0.15, 0.2) is 95.7 Å². The SMILES string of the molecule is O=C(NCc1ccccc1-c1ccsc1)c1cccc(OCc2ccccc2)c1. The van der Waals surface area contributed by atoms with Crippen molar-refractivity contribution >= 4 is 17.2 Å². The number of hydrogen-bond acceptors (Lipinski definition) is 3. The van der Waals surface area contributed by atoms with Gasteiger partial charge in [0.15, 0.2) is 0 Å². The van der Waals surface area contributed by atoms with Crippen LogP contribution >= 0.6 is 11.3 Å². The van der Waals surface area contributed by atoms with Gasteiger partial charge in [-0.15, -0.1) is 0 Å². The first-order valence-electron chi connectivity index (χ1n) is 9.45. The maximum Gasteiger partial charge on any atom is 0.251 e. The van der Waals surface area contributed by atoms with Crippen molar-refractivity contribution in [3.8, 4) is 16.9 Å². The summed E-state index contributed by atoms with van der Waals surface area (Å²) < 4.78 is 5.83. The topological polar surface area (TPSA) is 38.3 Å². The molecule has 29 heavy (non-hydrogen) atoms. The lowest BCUT2D eigenvalue weighted by Gasteiger charge is -2.11. The molecule has 3 nitrogen and oxygen atoms in total. The van der Waals surface area contributed by atoms with Crippen LogP contribution in [-0.4, -0.2) is 5.91 Å². The molecule has 1 heterocycles. The number of thiophene rings is 1. The zero-order valence-corrected chi connectivity index (χ0v) is 16.7. The third-order valence-corrected chi connectivity index (χ3v) is 5.32. The van der Waals surface area contributed by atoms with Crippen molar-refractivity contribution in [2.45, 2.75) is 13.2 Å². The zero-order chi connectivity index (χ0) is 19.9. The third-order valence-electron chi connectivity index (χ3n) is 4.63. The molecule has 0 bridgehead atoms. The van der Waals surface area contributed by atoms with Crippen molar-refractivity contribution < 1.29 is 9.53 Å². The Balaban J connectivity index is 1.41. The number of amides is 1. The molecule has 0 unspecified atom stereocenters. The molecule has 0 radical (unpaired) electrons. The summed E-state index contributed by atoms with van der Waals surface area (Å²) in [7, 11) is 0. The Kier molecular flexibility index (Phi) is 6.03. The second-order valence-corrected chi connectivity index (χ2v) is 7.43. The van der Waals surface area contributed by atoms with E-state index in [2.05, 4.69) is 28.2 Å². The number of rotatable bonds is 7. The van der Waals surface area contributed by atoms with Crippen LogP contribution in [0.4, 0.5) is 0 Å². The van der Waals surface area contributed by atoms with Crippen LogP contribution in [0.3, 0.4) is 0 Å². The number of carbonyl (C=O) groups is 1. The lowest BCUT2D eigenvalue weighted by molar-refractivity contribution is 0.0950. The summed E-state index contributed by atoms with van der Waals surface area (Å²) in [6.45, 7) is 0.944. The maximum atomic E-state index is 12.7. The summed E-state index contributed by atoms with van der Waals surface area (Å²) in [5.74, 6) is 0.565. The van der Waals surface area contributed by atoms with Crippen LogP contribution in [0.5, 0.6) is 5.75 Å². The Labute approximate surface area is 174 Å². The number of hydrogen-bond donors (Lipinski definition) is 1. The summed E-state index contributed by atoms with van der Waals surface area (Å²) in [6, 6.07) is 27.5. The van der Waals surface area contributed by atoms with E-state index in [0.717, 1.165) is 16.7 Å². The van der Waals surface area contributed by atoms with E-state index in [4.69, 9.17) is 4.74 Å². The second kappa shape index (κ2) is 9.22. The Morgan fingerprint density at radius 2 is 1.72 bits per heavy atom. The number of ether oxygens (including phenoxy) is 1. The molecule has 3 aromatic carbocycles. The number of nitrogens with one attached hydrogen (secondary N) is 1. The molecule has 1 aromatic heterocycles. The van der Waals surface area contributed by atoms with Crippen LogP contribution in [0, 0.1) is 0 Å². The Morgan fingerprint density at radius 1 is 0.897 bits per heavy atom. The van der Waals surface area contributed by atoms with Crippen molar-refractivity contribution in [3.05, 3.63) is 112 Å². The molecular formula is C25H21NO2S. The van der Waals surface area contributed by atoms with E-state index < -0.39 is 0 Å². The van der Waals surface area contributed by atoms with Gasteiger partial charge in [-0.25, -0.2) is 0 Å². The van der Waals surface area contributed by atoms with Gasteiger partial charge in [-0.2, -0.15) is 11.3 Å². The molecule has 1 N–H and O–H groups in total. The van der Waals surface area contributed by atoms with Crippen LogP contribution in [0.1, 0.15) is 21.5 Å². The third kappa shape index (κ3) is 4.92. The Hall–Kier alpha value is -3.37. The van der Waals surface area contributed by atoms with Gasteiger partial charge in [0.1, 0.15) is 12.4 Å². The molecule has 4 rings (SSSR count). The lowest BCUT2D eigenvalue weighted by Crippen LogP contribution is -2.23. The average molecular weight is 400 g/mol. The molecule has 0 fully saturated rings. The Bertz CT molecular complexity index is 1070. The molecule has 144 valence electrons. The standard InChI is InChI=1S/C25H21NO2S/c27-25(26-16-21-9-4-5-12-24(21)22-13-14-29-18-22)20-10-6-11-23(15-20)28-17-19-7-2-1-3-8-19/h1-15,18H,16-17H2,(H,26,27). The highest BCUT2D eigenvalue weighted by molar-refractivity contribution is 7.08. The smallest absolute Gasteiger partial charge is 0.251 e. The minimum Gasteiger partial charge on any atom is -0.489 e. The van der Waals surface area contributed by atoms with Gasteiger partial charge in [-0.05, 0) is 57.3 Å². The van der Waals surface area contributed by atoms with Crippen LogP contribution in [0.2, 0.25) is 0 Å². The van der Waals surface area contributed by atoms with E-state index in [1.807, 2.05) is 60.7 Å². The Morgan fingerprint density at radius 3 is 2.55 bits per heavy atom. The van der Waals surface area contributed by atoms with Gasteiger partial charge in [0, 0.05) is 12.1 Å². The van der Waals surface area contributed by atoms with E-state index in [9.17, 15) is 4.79 Å². The van der Waals surface area contributed by atoms with E-state index in [1.54, 1.807) is 23.5 Å². The average Bonchev–Trinajstić information content (AvgIpc) is 3.32. The largest absolute Gasteiger partial charge is 0.489 e. The first-order chi connectivity index (χ1) is 14.3. The van der Waals surface area contributed by atoms with E-state index in [-0.39, 0.29) is 5.91 Å². The number of benzene rings is 3. The molecule has 0 saturated heterocycles. The monoisotopic (exact) mass is 399 g/mol. The van der Waals surface area contributed by atoms with Gasteiger partial charge in [-0.1, -0.05) is 60.7 Å². The van der Waals surface area contributed by atoms with Crippen molar-refractivity contribution in [1.82, 2.24) is 5.32 Å². The summed E-state index contributed by atoms with van der Waals surface area (Å²) in [5.41, 5.74) is 5.09. The van der Waals surface area contributed by atoms with Gasteiger partial charge in [0.2, 0.25) is 0 Å². The summed E-state index contributed by atoms with van der Waals surface area (Å²) in [5, 5.41) is 7.21. The van der Waals surface area contributed by atoms with E-state index in [0.29, 0.717) is 24.5 Å².